The molecule has 6 heteroatoms. The zero-order valence-electron chi connectivity index (χ0n) is 9.17. The van der Waals surface area contributed by atoms with Crippen LogP contribution in [0, 0.1) is 11.3 Å². The van der Waals surface area contributed by atoms with Gasteiger partial charge in [0.25, 0.3) is 5.91 Å². The zero-order chi connectivity index (χ0) is 12.8. The fraction of sp³-hybridized carbons (Fsp3) is 0.273. The van der Waals surface area contributed by atoms with Crippen molar-refractivity contribution < 1.29 is 14.7 Å². The van der Waals surface area contributed by atoms with Crippen LogP contribution >= 0.6 is 0 Å². The summed E-state index contributed by atoms with van der Waals surface area (Å²) >= 11 is 0. The Morgan fingerprint density at radius 1 is 1.59 bits per heavy atom. The summed E-state index contributed by atoms with van der Waals surface area (Å²) in [7, 11) is 0. The minimum atomic E-state index is -1.09. The maximum Gasteiger partial charge on any atom is 0.326 e. The molecule has 6 nitrogen and oxygen atoms in total. The number of carboxylic acids is 1. The van der Waals surface area contributed by atoms with Crippen molar-refractivity contribution in [2.75, 3.05) is 0 Å². The molecule has 1 aromatic rings. The van der Waals surface area contributed by atoms with Gasteiger partial charge in [0.05, 0.1) is 5.56 Å². The standard InChI is InChI=1S/C11H11N3O3/c1-2-8(11(16)17)14-10(15)9-4-3-7(5-12)6-13-9/h3-4,6,8H,2H2,1H3,(H,14,15)(H,16,17). The van der Waals surface area contributed by atoms with E-state index in [1.165, 1.54) is 18.3 Å². The van der Waals surface area contributed by atoms with Gasteiger partial charge in [0.1, 0.15) is 17.8 Å². The van der Waals surface area contributed by atoms with Crippen molar-refractivity contribution in [3.8, 4) is 6.07 Å². The number of carbonyl (C=O) groups is 2. The second kappa shape index (κ2) is 5.61. The maximum absolute atomic E-state index is 11.6. The molecule has 2 N–H and O–H groups in total. The Balaban J connectivity index is 2.76. The molecular formula is C11H11N3O3. The Morgan fingerprint density at radius 2 is 2.29 bits per heavy atom. The molecule has 0 saturated carbocycles. The Bertz CT molecular complexity index is 462. The SMILES string of the molecule is CCC(NC(=O)c1ccc(C#N)cn1)C(=O)O. The van der Waals surface area contributed by atoms with Gasteiger partial charge in [0.2, 0.25) is 0 Å². The molecule has 0 bridgehead atoms. The Morgan fingerprint density at radius 3 is 2.71 bits per heavy atom. The van der Waals surface area contributed by atoms with Crippen molar-refractivity contribution in [2.24, 2.45) is 0 Å². The van der Waals surface area contributed by atoms with E-state index in [2.05, 4.69) is 10.3 Å². The highest BCUT2D eigenvalue weighted by molar-refractivity contribution is 5.94. The van der Waals surface area contributed by atoms with Gasteiger partial charge in [-0.15, -0.1) is 0 Å². The topological polar surface area (TPSA) is 103 Å². The number of aromatic nitrogens is 1. The minimum Gasteiger partial charge on any atom is -0.480 e. The molecule has 1 heterocycles. The van der Waals surface area contributed by atoms with Crippen LogP contribution < -0.4 is 5.32 Å². The first-order valence-electron chi connectivity index (χ1n) is 4.98. The molecule has 1 unspecified atom stereocenters. The van der Waals surface area contributed by atoms with Crippen molar-refractivity contribution in [3.63, 3.8) is 0 Å². The maximum atomic E-state index is 11.6. The normalized spacial score (nSPS) is 11.3. The van der Waals surface area contributed by atoms with Gasteiger partial charge in [-0.25, -0.2) is 9.78 Å². The van der Waals surface area contributed by atoms with Gasteiger partial charge in [-0.1, -0.05) is 6.92 Å². The molecule has 0 aliphatic carbocycles. The first-order chi connectivity index (χ1) is 8.08. The zero-order valence-corrected chi connectivity index (χ0v) is 9.17. The number of nitrogens with zero attached hydrogens (tertiary/aromatic N) is 2. The Hall–Kier alpha value is -2.42. The Labute approximate surface area is 97.9 Å². The third kappa shape index (κ3) is 3.28. The highest BCUT2D eigenvalue weighted by Crippen LogP contribution is 2.00. The number of aliphatic carboxylic acids is 1. The molecule has 1 aromatic heterocycles. The van der Waals surface area contributed by atoms with Crippen molar-refractivity contribution >= 4 is 11.9 Å². The lowest BCUT2D eigenvalue weighted by Gasteiger charge is -2.11. The summed E-state index contributed by atoms with van der Waals surface area (Å²) in [6.45, 7) is 1.66. The van der Waals surface area contributed by atoms with Crippen molar-refractivity contribution in [3.05, 3.63) is 29.6 Å². The summed E-state index contributed by atoms with van der Waals surface area (Å²) in [6.07, 6.45) is 1.55. The summed E-state index contributed by atoms with van der Waals surface area (Å²) in [6, 6.07) is 3.77. The van der Waals surface area contributed by atoms with Crippen LogP contribution in [0.5, 0.6) is 0 Å². The van der Waals surface area contributed by atoms with E-state index in [9.17, 15) is 9.59 Å². The molecule has 17 heavy (non-hydrogen) atoms. The second-order valence-electron chi connectivity index (χ2n) is 3.32. The lowest BCUT2D eigenvalue weighted by atomic mass is 10.2. The van der Waals surface area contributed by atoms with Crippen LogP contribution in [-0.2, 0) is 4.79 Å². The average molecular weight is 233 g/mol. The number of pyridine rings is 1. The molecule has 0 aliphatic heterocycles. The van der Waals surface area contributed by atoms with Crippen molar-refractivity contribution in [2.45, 2.75) is 19.4 Å². The van der Waals surface area contributed by atoms with Gasteiger partial charge in [-0.2, -0.15) is 5.26 Å². The van der Waals surface area contributed by atoms with E-state index in [4.69, 9.17) is 10.4 Å². The monoisotopic (exact) mass is 233 g/mol. The van der Waals surface area contributed by atoms with Gasteiger partial charge >= 0.3 is 5.97 Å². The molecule has 88 valence electrons. The van der Waals surface area contributed by atoms with Crippen LogP contribution in [0.25, 0.3) is 0 Å². The molecule has 0 radical (unpaired) electrons. The Kier molecular flexibility index (Phi) is 4.17. The van der Waals surface area contributed by atoms with Gasteiger partial charge in [0.15, 0.2) is 0 Å². The molecule has 0 aliphatic rings. The molecule has 0 saturated heterocycles. The van der Waals surface area contributed by atoms with Crippen LogP contribution in [0.2, 0.25) is 0 Å². The van der Waals surface area contributed by atoms with Crippen LogP contribution in [0.3, 0.4) is 0 Å². The molecular weight excluding hydrogens is 222 g/mol. The van der Waals surface area contributed by atoms with Gasteiger partial charge < -0.3 is 10.4 Å². The summed E-state index contributed by atoms with van der Waals surface area (Å²) in [4.78, 5) is 26.1. The number of carbonyl (C=O) groups excluding carboxylic acids is 1. The third-order valence-electron chi connectivity index (χ3n) is 2.14. The van der Waals surface area contributed by atoms with E-state index in [-0.39, 0.29) is 12.1 Å². The van der Waals surface area contributed by atoms with Crippen LogP contribution in [0.4, 0.5) is 0 Å². The third-order valence-corrected chi connectivity index (χ3v) is 2.14. The lowest BCUT2D eigenvalue weighted by Crippen LogP contribution is -2.40. The molecule has 1 amide bonds. The van der Waals surface area contributed by atoms with E-state index in [1.807, 2.05) is 6.07 Å². The van der Waals surface area contributed by atoms with E-state index >= 15 is 0 Å². The van der Waals surface area contributed by atoms with Crippen LogP contribution in [0.1, 0.15) is 29.4 Å². The summed E-state index contributed by atoms with van der Waals surface area (Å²) in [5.41, 5.74) is 0.426. The number of hydrogen-bond donors (Lipinski definition) is 2. The number of carboxylic acid groups (broad SMARTS) is 1. The number of amides is 1. The number of nitriles is 1. The second-order valence-corrected chi connectivity index (χ2v) is 3.32. The van der Waals surface area contributed by atoms with E-state index in [0.29, 0.717) is 5.56 Å². The van der Waals surface area contributed by atoms with Crippen molar-refractivity contribution in [1.29, 1.82) is 5.26 Å². The van der Waals surface area contributed by atoms with Gasteiger partial charge in [0, 0.05) is 6.20 Å². The molecule has 1 rings (SSSR count). The summed E-state index contributed by atoms with van der Waals surface area (Å²) in [5, 5.41) is 19.7. The first kappa shape index (κ1) is 12.6. The average Bonchev–Trinajstić information content (AvgIpc) is 2.35. The fourth-order valence-corrected chi connectivity index (χ4v) is 1.16. The van der Waals surface area contributed by atoms with Gasteiger partial charge in [-0.05, 0) is 18.6 Å². The molecule has 0 spiro atoms. The summed E-state index contributed by atoms with van der Waals surface area (Å²) in [5.74, 6) is -1.65. The highest BCUT2D eigenvalue weighted by Gasteiger charge is 2.18. The smallest absolute Gasteiger partial charge is 0.326 e. The number of hydrogen-bond acceptors (Lipinski definition) is 4. The highest BCUT2D eigenvalue weighted by atomic mass is 16.4. The largest absolute Gasteiger partial charge is 0.480 e. The van der Waals surface area contributed by atoms with E-state index in [0.717, 1.165) is 0 Å². The predicted octanol–water partition coefficient (Wildman–Crippen LogP) is 0.546. The molecule has 0 fully saturated rings. The number of nitrogens with one attached hydrogen (secondary N) is 1. The number of rotatable bonds is 4. The predicted molar refractivity (Wildman–Crippen MR) is 58.1 cm³/mol. The first-order valence-corrected chi connectivity index (χ1v) is 4.98. The lowest BCUT2D eigenvalue weighted by molar-refractivity contribution is -0.139. The van der Waals surface area contributed by atoms with E-state index in [1.54, 1.807) is 6.92 Å². The van der Waals surface area contributed by atoms with Crippen LogP contribution in [-0.4, -0.2) is 28.0 Å². The minimum absolute atomic E-state index is 0.0868. The van der Waals surface area contributed by atoms with E-state index < -0.39 is 17.9 Å². The molecule has 0 aromatic carbocycles. The fourth-order valence-electron chi connectivity index (χ4n) is 1.16. The van der Waals surface area contributed by atoms with Crippen molar-refractivity contribution in [1.82, 2.24) is 10.3 Å². The summed E-state index contributed by atoms with van der Waals surface area (Å²) < 4.78 is 0. The quantitative estimate of drug-likeness (QED) is 0.790. The molecule has 1 atom stereocenters. The van der Waals surface area contributed by atoms with Crippen LogP contribution in [0.15, 0.2) is 18.3 Å². The van der Waals surface area contributed by atoms with Gasteiger partial charge in [-0.3, -0.25) is 4.79 Å².